The summed E-state index contributed by atoms with van der Waals surface area (Å²) < 4.78 is 66.5. The number of hydrogen-bond donors (Lipinski definition) is 2. The Morgan fingerprint density at radius 1 is 0.402 bits per heavy atom. The minimum atomic E-state index is -3.44. The summed E-state index contributed by atoms with van der Waals surface area (Å²) in [6, 6.07) is 40.0. The second-order valence-electron chi connectivity index (χ2n) is 29.8. The van der Waals surface area contributed by atoms with Gasteiger partial charge in [0.05, 0.1) is 57.8 Å². The topological polar surface area (TPSA) is 148 Å². The van der Waals surface area contributed by atoms with Crippen molar-refractivity contribution in [3.8, 4) is 71.5 Å². The Bertz CT molecular complexity index is 3240. The van der Waals surface area contributed by atoms with Gasteiger partial charge in [-0.3, -0.25) is 4.18 Å². The normalized spacial score (nSPS) is 12.0. The van der Waals surface area contributed by atoms with E-state index in [4.69, 9.17) is 43.8 Å². The maximum absolute atomic E-state index is 10.7. The van der Waals surface area contributed by atoms with Gasteiger partial charge < -0.3 is 42.4 Å². The molecule has 0 spiro atoms. The highest BCUT2D eigenvalue weighted by molar-refractivity contribution is 9.09. The number of halogens is 1. The zero-order valence-electron chi connectivity index (χ0n) is 64.0. The molecule has 17 heteroatoms. The van der Waals surface area contributed by atoms with Crippen molar-refractivity contribution in [3.63, 3.8) is 0 Å². The van der Waals surface area contributed by atoms with Gasteiger partial charge in [-0.2, -0.15) is 8.42 Å². The average Bonchev–Trinajstić information content (AvgIpc) is 0.981. The van der Waals surface area contributed by atoms with Crippen molar-refractivity contribution in [2.45, 2.75) is 240 Å². The highest BCUT2D eigenvalue weighted by atomic mass is 79.9. The monoisotopic (exact) mass is 1470 g/mol. The summed E-state index contributed by atoms with van der Waals surface area (Å²) in [6.45, 7) is 55.1. The Morgan fingerprint density at radius 2 is 0.649 bits per heavy atom. The lowest BCUT2D eigenvalue weighted by Crippen LogP contribution is -2.40. The van der Waals surface area contributed by atoms with Crippen LogP contribution in [-0.4, -0.2) is 116 Å². The van der Waals surface area contributed by atoms with E-state index in [2.05, 4.69) is 199 Å². The van der Waals surface area contributed by atoms with Gasteiger partial charge >= 0.3 is 0 Å². The number of alkyl halides is 1. The molecule has 12 nitrogen and oxygen atoms in total. The van der Waals surface area contributed by atoms with Crippen LogP contribution in [-0.2, 0) is 73.0 Å². The van der Waals surface area contributed by atoms with Gasteiger partial charge in [-0.05, 0) is 146 Å². The van der Waals surface area contributed by atoms with E-state index >= 15 is 0 Å². The van der Waals surface area contributed by atoms with Crippen LogP contribution in [0.25, 0.3) is 0 Å². The molecule has 4 aromatic rings. The molecule has 0 unspecified atom stereocenters. The Labute approximate surface area is 602 Å². The van der Waals surface area contributed by atoms with Gasteiger partial charge in [0.25, 0.3) is 10.1 Å². The quantitative estimate of drug-likeness (QED) is 0.0375. The molecule has 0 bridgehead atoms. The fourth-order valence-electron chi connectivity index (χ4n) is 6.19. The number of terminal acetylenes is 1. The number of ether oxygens (including phenoxy) is 4. The molecular weight excluding hydrogens is 1350 g/mol. The van der Waals surface area contributed by atoms with E-state index in [9.17, 15) is 13.5 Å². The molecule has 0 aliphatic rings. The molecule has 0 radical (unpaired) electrons. The molecule has 0 aliphatic carbocycles. The Kier molecular flexibility index (Phi) is 43.5. The fraction of sp³-hybridized carbons (Fsp3) is 0.550. The third-order valence-electron chi connectivity index (χ3n) is 15.2. The van der Waals surface area contributed by atoms with E-state index in [-0.39, 0.29) is 33.9 Å². The first-order valence-electron chi connectivity index (χ1n) is 32.7. The fourth-order valence-corrected chi connectivity index (χ4v) is 9.21. The molecule has 4 aromatic carbocycles. The molecule has 0 heterocycles. The molecule has 0 saturated heterocycles. The summed E-state index contributed by atoms with van der Waals surface area (Å²) in [7, 11) is -8.41. The smallest absolute Gasteiger partial charge is 0.265 e. The van der Waals surface area contributed by atoms with Gasteiger partial charge in [0.1, 0.15) is 41.2 Å². The first kappa shape index (κ1) is 94.0. The lowest BCUT2D eigenvalue weighted by molar-refractivity contribution is 0.0140. The lowest BCUT2D eigenvalue weighted by atomic mass is 10.1. The van der Waals surface area contributed by atoms with Crippen molar-refractivity contribution < 1.29 is 55.0 Å². The molecular formula is C80H121BrO12SSi3. The number of rotatable bonds is 20. The molecule has 4 rings (SSSR count). The molecule has 97 heavy (non-hydrogen) atoms. The van der Waals surface area contributed by atoms with Crippen molar-refractivity contribution in [2.75, 3.05) is 44.6 Å². The van der Waals surface area contributed by atoms with E-state index in [1.807, 2.05) is 165 Å². The SMILES string of the molecule is C#CCO[Si](C)(C)C(C)(C)C.CC(C)(C#CCBr)OCc1ccccc1.CC(C)(C#CCO)OCc1ccccc1.CC(C)(C#CCOS(C)(=O)=O)OCc1ccccc1.CC(C)(C#CCO[Si](C)(C)C(C)(C)C)OCc1ccccc1.CC(C)(O)C#CCO[Si](C)(C)C(C)(C)C. The van der Waals surface area contributed by atoms with Crippen LogP contribution >= 0.6 is 15.9 Å². The van der Waals surface area contributed by atoms with Crippen LogP contribution in [0.2, 0.25) is 54.4 Å². The van der Waals surface area contributed by atoms with E-state index < -0.39 is 57.5 Å². The summed E-state index contributed by atoms with van der Waals surface area (Å²) in [5.74, 6) is 31.4. The molecule has 538 valence electrons. The van der Waals surface area contributed by atoms with Gasteiger partial charge in [-0.25, -0.2) is 0 Å². The van der Waals surface area contributed by atoms with Crippen molar-refractivity contribution in [3.05, 3.63) is 144 Å². The van der Waals surface area contributed by atoms with Gasteiger partial charge in [-0.15, -0.1) is 6.42 Å². The summed E-state index contributed by atoms with van der Waals surface area (Å²) >= 11 is 3.27. The molecule has 0 atom stereocenters. The Morgan fingerprint density at radius 3 is 0.887 bits per heavy atom. The molecule has 2 N–H and O–H groups in total. The lowest BCUT2D eigenvalue weighted by Gasteiger charge is -2.35. The van der Waals surface area contributed by atoms with Gasteiger partial charge in [0.15, 0.2) is 25.0 Å². The molecule has 0 amide bonds. The number of hydrogen-bond acceptors (Lipinski definition) is 12. The predicted octanol–water partition coefficient (Wildman–Crippen LogP) is 17.7. The van der Waals surface area contributed by atoms with Crippen LogP contribution in [0, 0.1) is 71.5 Å². The van der Waals surface area contributed by atoms with Crippen molar-refractivity contribution >= 4 is 51.0 Å². The first-order valence-corrected chi connectivity index (χ1v) is 44.3. The highest BCUT2D eigenvalue weighted by Gasteiger charge is 2.38. The average molecular weight is 1470 g/mol. The molecule has 0 aromatic heterocycles. The Hall–Kier alpha value is -5.08. The highest BCUT2D eigenvalue weighted by Crippen LogP contribution is 2.38. The zero-order valence-corrected chi connectivity index (χ0v) is 69.4. The van der Waals surface area contributed by atoms with E-state index in [1.165, 1.54) is 5.56 Å². The minimum absolute atomic E-state index is 0.127. The van der Waals surface area contributed by atoms with Gasteiger partial charge in [0.2, 0.25) is 0 Å². The van der Waals surface area contributed by atoms with Gasteiger partial charge in [0, 0.05) is 0 Å². The first-order chi connectivity index (χ1) is 44.4. The summed E-state index contributed by atoms with van der Waals surface area (Å²) in [5.41, 5.74) is 1.57. The Balaban J connectivity index is 0. The number of aliphatic hydroxyl groups excluding tert-OH is 1. The summed E-state index contributed by atoms with van der Waals surface area (Å²) in [4.78, 5) is 0. The van der Waals surface area contributed by atoms with Crippen LogP contribution in [0.5, 0.6) is 0 Å². The summed E-state index contributed by atoms with van der Waals surface area (Å²) in [5, 5.41) is 19.4. The predicted molar refractivity (Wildman–Crippen MR) is 416 cm³/mol. The van der Waals surface area contributed by atoms with Crippen LogP contribution in [0.1, 0.15) is 154 Å². The van der Waals surface area contributed by atoms with Gasteiger partial charge in [-0.1, -0.05) is 265 Å². The van der Waals surface area contributed by atoms with E-state index in [0.717, 1.165) is 22.9 Å². The second-order valence-corrected chi connectivity index (χ2v) is 46.4. The van der Waals surface area contributed by atoms with Crippen LogP contribution in [0.3, 0.4) is 0 Å². The number of aliphatic hydroxyl groups is 2. The minimum Gasteiger partial charge on any atom is -0.406 e. The third kappa shape index (κ3) is 50.0. The van der Waals surface area contributed by atoms with E-state index in [1.54, 1.807) is 13.8 Å². The largest absolute Gasteiger partial charge is 0.406 e. The van der Waals surface area contributed by atoms with Crippen molar-refractivity contribution in [1.29, 1.82) is 0 Å². The zero-order chi connectivity index (χ0) is 75.0. The molecule has 0 aliphatic heterocycles. The maximum atomic E-state index is 10.7. The maximum Gasteiger partial charge on any atom is 0.265 e. The van der Waals surface area contributed by atoms with Crippen molar-refractivity contribution in [1.82, 2.24) is 0 Å². The summed E-state index contributed by atoms with van der Waals surface area (Å²) in [6.07, 6.45) is 6.12. The third-order valence-corrected chi connectivity index (χ3v) is 29.4. The van der Waals surface area contributed by atoms with Crippen molar-refractivity contribution in [2.24, 2.45) is 0 Å². The standard InChI is InChI=1S/C19H30O2Si.C14H18O4S.C13H15BrO.C13H16O2.C12H24O2Si.C9H18OSi/c1-18(2,3)22(6,7)21-15-11-14-19(4,5)20-16-17-12-9-8-10-13-17;1-14(2,10-7-11-18-19(3,15)16)17-12-13-8-5-4-6-9-13;2*1-13(2,9-6-10-14)15-11-12-7-4-3-5-8-12;1-11(2,3)15(6,7)14-10-8-9-12(4,5)13;1-7-8-10-11(5,6)9(2,3)4/h8-10,12-13H,15-16H2,1-7H3;4-6,8-9H,11-12H2,1-3H3;3-5,7-8H,10-11H2,1-2H3;3-5,7-8,14H,10-11H2,1-2H3;13H,10H2,1-7H3;1H,8H2,2-6H3. The van der Waals surface area contributed by atoms with Crippen LogP contribution in [0.15, 0.2) is 121 Å². The second kappa shape index (κ2) is 44.9. The van der Waals surface area contributed by atoms with E-state index in [0.29, 0.717) is 51.6 Å². The molecule has 0 fully saturated rings. The van der Waals surface area contributed by atoms with Crippen LogP contribution < -0.4 is 0 Å². The molecule has 0 saturated carbocycles. The number of benzene rings is 4. The van der Waals surface area contributed by atoms with Crippen LogP contribution in [0.4, 0.5) is 0 Å².